The average molecular weight is 270 g/mol. The first-order valence-electron chi connectivity index (χ1n) is 6.21. The molecule has 7 heteroatoms. The molecule has 3 aromatic rings. The maximum atomic E-state index is 5.03. The van der Waals surface area contributed by atoms with Gasteiger partial charge in [0.25, 0.3) is 0 Å². The van der Waals surface area contributed by atoms with Crippen LogP contribution < -0.4 is 5.32 Å². The van der Waals surface area contributed by atoms with Crippen LogP contribution in [-0.2, 0) is 13.6 Å². The molecule has 1 aromatic carbocycles. The number of hydrogen-bond acceptors (Lipinski definition) is 6. The first-order chi connectivity index (χ1) is 9.72. The Labute approximate surface area is 115 Å². The predicted octanol–water partition coefficient (Wildman–Crippen LogP) is 1.79. The average Bonchev–Trinajstić information content (AvgIpc) is 3.05. The van der Waals surface area contributed by atoms with E-state index in [9.17, 15) is 0 Å². The summed E-state index contributed by atoms with van der Waals surface area (Å²) in [5.74, 6) is 1.53. The van der Waals surface area contributed by atoms with Crippen molar-refractivity contribution in [1.82, 2.24) is 25.4 Å². The van der Waals surface area contributed by atoms with E-state index < -0.39 is 0 Å². The van der Waals surface area contributed by atoms with Crippen LogP contribution in [0.15, 0.2) is 34.9 Å². The van der Waals surface area contributed by atoms with Crippen molar-refractivity contribution in [3.8, 4) is 11.4 Å². The summed E-state index contributed by atoms with van der Waals surface area (Å²) < 4.78 is 6.67. The van der Waals surface area contributed by atoms with Crippen LogP contribution >= 0.6 is 0 Å². The molecule has 0 atom stereocenters. The van der Waals surface area contributed by atoms with Gasteiger partial charge in [0.2, 0.25) is 0 Å². The van der Waals surface area contributed by atoms with Crippen LogP contribution in [0.4, 0.5) is 5.69 Å². The van der Waals surface area contributed by atoms with E-state index in [1.54, 1.807) is 4.68 Å². The summed E-state index contributed by atoms with van der Waals surface area (Å²) in [7, 11) is 1.81. The number of aromatic nitrogens is 5. The van der Waals surface area contributed by atoms with Crippen LogP contribution in [0.25, 0.3) is 11.4 Å². The van der Waals surface area contributed by atoms with Crippen LogP contribution in [-0.4, -0.2) is 25.4 Å². The molecule has 0 aliphatic rings. The van der Waals surface area contributed by atoms with E-state index in [2.05, 4.69) is 26.0 Å². The molecule has 0 spiro atoms. The van der Waals surface area contributed by atoms with Crippen LogP contribution in [0.1, 0.15) is 11.5 Å². The van der Waals surface area contributed by atoms with Crippen molar-refractivity contribution in [2.75, 3.05) is 5.32 Å². The summed E-state index contributed by atoms with van der Waals surface area (Å²) in [6.45, 7) is 2.48. The number of benzene rings is 1. The Morgan fingerprint density at radius 2 is 2.20 bits per heavy atom. The van der Waals surface area contributed by atoms with Crippen molar-refractivity contribution in [3.63, 3.8) is 0 Å². The Hall–Kier alpha value is -2.70. The van der Waals surface area contributed by atoms with E-state index in [1.807, 2.05) is 44.3 Å². The van der Waals surface area contributed by atoms with Crippen LogP contribution in [0.5, 0.6) is 0 Å². The molecular weight excluding hydrogens is 256 g/mol. The van der Waals surface area contributed by atoms with Gasteiger partial charge in [-0.15, -0.1) is 5.10 Å². The Bertz CT molecular complexity index is 717. The standard InChI is InChI=1S/C13H14N6O/c1-9-6-12(16-20-9)8-14-11-5-3-4-10(7-11)13-15-17-18-19(13)2/h3-7,14H,8H2,1-2H3. The van der Waals surface area contributed by atoms with E-state index in [-0.39, 0.29) is 0 Å². The van der Waals surface area contributed by atoms with Gasteiger partial charge in [-0.25, -0.2) is 4.68 Å². The molecule has 0 aliphatic carbocycles. The minimum Gasteiger partial charge on any atom is -0.379 e. The molecule has 0 saturated carbocycles. The number of nitrogens with zero attached hydrogens (tertiary/aromatic N) is 5. The molecule has 2 aromatic heterocycles. The van der Waals surface area contributed by atoms with E-state index in [0.29, 0.717) is 6.54 Å². The van der Waals surface area contributed by atoms with Gasteiger partial charge in [0.05, 0.1) is 6.54 Å². The van der Waals surface area contributed by atoms with Crippen molar-refractivity contribution in [3.05, 3.63) is 41.8 Å². The Balaban J connectivity index is 1.76. The molecule has 20 heavy (non-hydrogen) atoms. The number of aryl methyl sites for hydroxylation is 2. The van der Waals surface area contributed by atoms with Crippen molar-refractivity contribution in [2.45, 2.75) is 13.5 Å². The van der Waals surface area contributed by atoms with Crippen LogP contribution in [0, 0.1) is 6.92 Å². The third-order valence-corrected chi connectivity index (χ3v) is 2.89. The molecule has 3 rings (SSSR count). The van der Waals surface area contributed by atoms with E-state index in [4.69, 9.17) is 4.52 Å². The van der Waals surface area contributed by atoms with Crippen molar-refractivity contribution in [2.24, 2.45) is 7.05 Å². The second kappa shape index (κ2) is 5.12. The monoisotopic (exact) mass is 270 g/mol. The van der Waals surface area contributed by atoms with Gasteiger partial charge in [-0.1, -0.05) is 17.3 Å². The third kappa shape index (κ3) is 2.51. The lowest BCUT2D eigenvalue weighted by Crippen LogP contribution is -2.00. The highest BCUT2D eigenvalue weighted by Crippen LogP contribution is 2.20. The van der Waals surface area contributed by atoms with Gasteiger partial charge in [-0.2, -0.15) is 0 Å². The Kier molecular flexibility index (Phi) is 3.16. The van der Waals surface area contributed by atoms with Crippen molar-refractivity contribution < 1.29 is 4.52 Å². The lowest BCUT2D eigenvalue weighted by atomic mass is 10.2. The van der Waals surface area contributed by atoms with Crippen molar-refractivity contribution >= 4 is 5.69 Å². The number of hydrogen-bond donors (Lipinski definition) is 1. The fourth-order valence-electron chi connectivity index (χ4n) is 1.94. The smallest absolute Gasteiger partial charge is 0.181 e. The summed E-state index contributed by atoms with van der Waals surface area (Å²) in [6, 6.07) is 9.82. The molecular formula is C13H14N6O. The highest BCUT2D eigenvalue weighted by Gasteiger charge is 2.06. The lowest BCUT2D eigenvalue weighted by molar-refractivity contribution is 0.391. The molecule has 0 amide bonds. The Morgan fingerprint density at radius 3 is 2.90 bits per heavy atom. The fourth-order valence-corrected chi connectivity index (χ4v) is 1.94. The zero-order valence-electron chi connectivity index (χ0n) is 11.2. The van der Waals surface area contributed by atoms with Crippen LogP contribution in [0.2, 0.25) is 0 Å². The normalized spacial score (nSPS) is 10.7. The minimum atomic E-state index is 0.609. The topological polar surface area (TPSA) is 81.7 Å². The highest BCUT2D eigenvalue weighted by atomic mass is 16.5. The first kappa shape index (κ1) is 12.3. The molecule has 0 unspecified atom stereocenters. The van der Waals surface area contributed by atoms with E-state index in [0.717, 1.165) is 28.5 Å². The number of nitrogens with one attached hydrogen (secondary N) is 1. The molecule has 2 heterocycles. The quantitative estimate of drug-likeness (QED) is 0.778. The molecule has 1 N–H and O–H groups in total. The van der Waals surface area contributed by atoms with Gasteiger partial charge in [-0.3, -0.25) is 0 Å². The number of tetrazole rings is 1. The number of rotatable bonds is 4. The number of anilines is 1. The maximum absolute atomic E-state index is 5.03. The summed E-state index contributed by atoms with van der Waals surface area (Å²) in [5, 5.41) is 18.7. The molecule has 0 radical (unpaired) electrons. The van der Waals surface area contributed by atoms with Crippen molar-refractivity contribution in [1.29, 1.82) is 0 Å². The van der Waals surface area contributed by atoms with Gasteiger partial charge in [0.15, 0.2) is 5.82 Å². The highest BCUT2D eigenvalue weighted by molar-refractivity contribution is 5.62. The largest absolute Gasteiger partial charge is 0.379 e. The zero-order chi connectivity index (χ0) is 13.9. The molecule has 0 saturated heterocycles. The first-order valence-corrected chi connectivity index (χ1v) is 6.21. The SMILES string of the molecule is Cc1cc(CNc2cccc(-c3nnnn3C)c2)no1. The molecule has 7 nitrogen and oxygen atoms in total. The second-order valence-electron chi connectivity index (χ2n) is 4.49. The molecule has 102 valence electrons. The maximum Gasteiger partial charge on any atom is 0.181 e. The van der Waals surface area contributed by atoms with Gasteiger partial charge < -0.3 is 9.84 Å². The van der Waals surface area contributed by atoms with Gasteiger partial charge in [0, 0.05) is 24.4 Å². The summed E-state index contributed by atoms with van der Waals surface area (Å²) in [4.78, 5) is 0. The summed E-state index contributed by atoms with van der Waals surface area (Å²) in [5.41, 5.74) is 2.80. The van der Waals surface area contributed by atoms with Crippen LogP contribution in [0.3, 0.4) is 0 Å². The molecule has 0 bridgehead atoms. The van der Waals surface area contributed by atoms with Gasteiger partial charge in [0.1, 0.15) is 11.5 Å². The summed E-state index contributed by atoms with van der Waals surface area (Å²) in [6.07, 6.45) is 0. The Morgan fingerprint density at radius 1 is 1.30 bits per heavy atom. The zero-order valence-corrected chi connectivity index (χ0v) is 11.2. The lowest BCUT2D eigenvalue weighted by Gasteiger charge is -2.06. The van der Waals surface area contributed by atoms with E-state index >= 15 is 0 Å². The molecule has 0 fully saturated rings. The minimum absolute atomic E-state index is 0.609. The molecule has 0 aliphatic heterocycles. The van der Waals surface area contributed by atoms with Gasteiger partial charge >= 0.3 is 0 Å². The predicted molar refractivity (Wildman–Crippen MR) is 72.8 cm³/mol. The second-order valence-corrected chi connectivity index (χ2v) is 4.49. The summed E-state index contributed by atoms with van der Waals surface area (Å²) >= 11 is 0. The van der Waals surface area contributed by atoms with Gasteiger partial charge in [-0.05, 0) is 29.5 Å². The van der Waals surface area contributed by atoms with E-state index in [1.165, 1.54) is 0 Å². The fraction of sp³-hybridized carbons (Fsp3) is 0.231. The third-order valence-electron chi connectivity index (χ3n) is 2.89.